The summed E-state index contributed by atoms with van der Waals surface area (Å²) >= 11 is 0. The van der Waals surface area contributed by atoms with E-state index in [0.717, 1.165) is 12.1 Å². The van der Waals surface area contributed by atoms with Crippen LogP contribution in [0, 0.1) is 5.92 Å². The van der Waals surface area contributed by atoms with Crippen molar-refractivity contribution in [3.05, 3.63) is 11.9 Å². The first-order valence-electron chi connectivity index (χ1n) is 4.81. The van der Waals surface area contributed by atoms with Crippen LogP contribution in [0.4, 0.5) is 0 Å². The number of hydrogen-bond donors (Lipinski definition) is 0. The predicted octanol–water partition coefficient (Wildman–Crippen LogP) is 2.23. The summed E-state index contributed by atoms with van der Waals surface area (Å²) in [7, 11) is 0. The molecule has 1 rings (SSSR count). The first kappa shape index (κ1) is 10.2. The van der Waals surface area contributed by atoms with Crippen molar-refractivity contribution in [1.82, 2.24) is 15.0 Å². The van der Waals surface area contributed by atoms with Gasteiger partial charge in [0, 0.05) is 6.20 Å². The van der Waals surface area contributed by atoms with Crippen molar-refractivity contribution in [2.45, 2.75) is 46.6 Å². The van der Waals surface area contributed by atoms with E-state index in [2.05, 4.69) is 44.9 Å². The molecule has 1 heterocycles. The highest BCUT2D eigenvalue weighted by atomic mass is 15.4. The molecule has 0 aliphatic carbocycles. The van der Waals surface area contributed by atoms with Gasteiger partial charge in [-0.05, 0) is 33.1 Å². The third kappa shape index (κ3) is 2.83. The lowest BCUT2D eigenvalue weighted by molar-refractivity contribution is 0.347. The number of aromatic nitrogens is 3. The molecule has 1 aromatic rings. The molecular formula is C10H19N3. The minimum Gasteiger partial charge on any atom is -0.247 e. The highest BCUT2D eigenvalue weighted by molar-refractivity contribution is 4.95. The Morgan fingerprint density at radius 3 is 2.38 bits per heavy atom. The van der Waals surface area contributed by atoms with Gasteiger partial charge in [-0.25, -0.2) is 4.68 Å². The van der Waals surface area contributed by atoms with Gasteiger partial charge in [0.25, 0.3) is 0 Å². The Balaban J connectivity index is 2.75. The molecule has 1 aromatic heterocycles. The summed E-state index contributed by atoms with van der Waals surface area (Å²) in [5, 5.41) is 8.24. The van der Waals surface area contributed by atoms with Crippen LogP contribution >= 0.6 is 0 Å². The number of nitrogens with zero attached hydrogens (tertiary/aromatic N) is 3. The lowest BCUT2D eigenvalue weighted by Crippen LogP contribution is -2.22. The molecule has 0 radical (unpaired) electrons. The van der Waals surface area contributed by atoms with Crippen LogP contribution in [0.2, 0.25) is 0 Å². The standard InChI is InChI=1S/C10H19N3/c1-8(2)6-9-7-13(12-11-9)10(3,4)5/h7-8H,6H2,1-5H3. The molecule has 3 heteroatoms. The molecule has 0 aliphatic rings. The van der Waals surface area contributed by atoms with E-state index >= 15 is 0 Å². The second kappa shape index (κ2) is 3.48. The van der Waals surface area contributed by atoms with E-state index in [-0.39, 0.29) is 5.54 Å². The van der Waals surface area contributed by atoms with Gasteiger partial charge in [-0.15, -0.1) is 5.10 Å². The molecule has 0 bridgehead atoms. The average Bonchev–Trinajstić information content (AvgIpc) is 2.32. The molecule has 0 unspecified atom stereocenters. The third-order valence-electron chi connectivity index (χ3n) is 1.85. The molecule has 0 N–H and O–H groups in total. The Morgan fingerprint density at radius 1 is 1.38 bits per heavy atom. The molecule has 0 saturated carbocycles. The molecule has 74 valence electrons. The smallest absolute Gasteiger partial charge is 0.0829 e. The SMILES string of the molecule is CC(C)Cc1cn(C(C)(C)C)nn1. The van der Waals surface area contributed by atoms with Crippen LogP contribution in [0.3, 0.4) is 0 Å². The topological polar surface area (TPSA) is 30.7 Å². The van der Waals surface area contributed by atoms with Gasteiger partial charge in [-0.1, -0.05) is 19.1 Å². The van der Waals surface area contributed by atoms with Gasteiger partial charge < -0.3 is 0 Å². The van der Waals surface area contributed by atoms with Crippen LogP contribution in [-0.2, 0) is 12.0 Å². The monoisotopic (exact) mass is 181 g/mol. The first-order chi connectivity index (χ1) is 5.89. The number of hydrogen-bond acceptors (Lipinski definition) is 2. The second-order valence-electron chi connectivity index (χ2n) is 4.92. The van der Waals surface area contributed by atoms with E-state index < -0.39 is 0 Å². The van der Waals surface area contributed by atoms with E-state index in [1.54, 1.807) is 0 Å². The molecule has 0 spiro atoms. The largest absolute Gasteiger partial charge is 0.247 e. The van der Waals surface area contributed by atoms with Gasteiger partial charge in [0.05, 0.1) is 11.2 Å². The van der Waals surface area contributed by atoms with Crippen LogP contribution in [0.25, 0.3) is 0 Å². The van der Waals surface area contributed by atoms with Crippen LogP contribution in [0.15, 0.2) is 6.20 Å². The Morgan fingerprint density at radius 2 is 2.00 bits per heavy atom. The fraction of sp³-hybridized carbons (Fsp3) is 0.800. The summed E-state index contributed by atoms with van der Waals surface area (Å²) in [6.45, 7) is 10.8. The van der Waals surface area contributed by atoms with E-state index in [4.69, 9.17) is 0 Å². The van der Waals surface area contributed by atoms with E-state index in [0.29, 0.717) is 5.92 Å². The maximum absolute atomic E-state index is 4.14. The van der Waals surface area contributed by atoms with Crippen LogP contribution < -0.4 is 0 Å². The van der Waals surface area contributed by atoms with Crippen LogP contribution in [0.5, 0.6) is 0 Å². The van der Waals surface area contributed by atoms with Crippen LogP contribution in [0.1, 0.15) is 40.3 Å². The molecule has 0 aliphatic heterocycles. The highest BCUT2D eigenvalue weighted by Crippen LogP contribution is 2.13. The Labute approximate surface area is 80.1 Å². The maximum Gasteiger partial charge on any atom is 0.0829 e. The van der Waals surface area contributed by atoms with Crippen molar-refractivity contribution in [3.63, 3.8) is 0 Å². The van der Waals surface area contributed by atoms with Gasteiger partial charge in [-0.2, -0.15) is 0 Å². The predicted molar refractivity (Wildman–Crippen MR) is 53.6 cm³/mol. The fourth-order valence-electron chi connectivity index (χ4n) is 1.14. The molecule has 0 saturated heterocycles. The average molecular weight is 181 g/mol. The zero-order chi connectivity index (χ0) is 10.1. The molecule has 13 heavy (non-hydrogen) atoms. The first-order valence-corrected chi connectivity index (χ1v) is 4.81. The van der Waals surface area contributed by atoms with E-state index in [9.17, 15) is 0 Å². The summed E-state index contributed by atoms with van der Waals surface area (Å²) in [4.78, 5) is 0. The number of rotatable bonds is 2. The van der Waals surface area contributed by atoms with Crippen LogP contribution in [-0.4, -0.2) is 15.0 Å². The van der Waals surface area contributed by atoms with Crippen molar-refractivity contribution in [1.29, 1.82) is 0 Å². The van der Waals surface area contributed by atoms with Gasteiger partial charge in [0.2, 0.25) is 0 Å². The summed E-state index contributed by atoms with van der Waals surface area (Å²) < 4.78 is 1.92. The summed E-state index contributed by atoms with van der Waals surface area (Å²) in [6, 6.07) is 0. The minimum absolute atomic E-state index is 0.0439. The van der Waals surface area contributed by atoms with Gasteiger partial charge in [0.1, 0.15) is 0 Å². The Bertz CT molecular complexity index is 268. The molecule has 3 nitrogen and oxygen atoms in total. The molecule has 0 fully saturated rings. The third-order valence-corrected chi connectivity index (χ3v) is 1.85. The zero-order valence-corrected chi connectivity index (χ0v) is 9.20. The van der Waals surface area contributed by atoms with E-state index in [1.807, 2.05) is 10.9 Å². The van der Waals surface area contributed by atoms with Gasteiger partial charge in [0.15, 0.2) is 0 Å². The lowest BCUT2D eigenvalue weighted by atomic mass is 10.1. The van der Waals surface area contributed by atoms with Crippen molar-refractivity contribution in [3.8, 4) is 0 Å². The highest BCUT2D eigenvalue weighted by Gasteiger charge is 2.15. The molecule has 0 aromatic carbocycles. The molecular weight excluding hydrogens is 162 g/mol. The summed E-state index contributed by atoms with van der Waals surface area (Å²) in [5.41, 5.74) is 1.13. The van der Waals surface area contributed by atoms with E-state index in [1.165, 1.54) is 0 Å². The van der Waals surface area contributed by atoms with Crippen molar-refractivity contribution in [2.75, 3.05) is 0 Å². The maximum atomic E-state index is 4.14. The normalized spacial score (nSPS) is 12.5. The Hall–Kier alpha value is -0.860. The quantitative estimate of drug-likeness (QED) is 0.700. The van der Waals surface area contributed by atoms with Gasteiger partial charge >= 0.3 is 0 Å². The van der Waals surface area contributed by atoms with Crippen molar-refractivity contribution < 1.29 is 0 Å². The van der Waals surface area contributed by atoms with Crippen molar-refractivity contribution >= 4 is 0 Å². The Kier molecular flexibility index (Phi) is 2.74. The molecule has 0 atom stereocenters. The van der Waals surface area contributed by atoms with Crippen molar-refractivity contribution in [2.24, 2.45) is 5.92 Å². The van der Waals surface area contributed by atoms with Gasteiger partial charge in [-0.3, -0.25) is 0 Å². The fourth-order valence-corrected chi connectivity index (χ4v) is 1.14. The lowest BCUT2D eigenvalue weighted by Gasteiger charge is -2.17. The zero-order valence-electron chi connectivity index (χ0n) is 9.20. The summed E-state index contributed by atoms with van der Waals surface area (Å²) in [5.74, 6) is 0.644. The summed E-state index contributed by atoms with van der Waals surface area (Å²) in [6.07, 6.45) is 3.05. The molecule has 0 amide bonds. The second-order valence-corrected chi connectivity index (χ2v) is 4.92. The minimum atomic E-state index is 0.0439.